The van der Waals surface area contributed by atoms with Gasteiger partial charge in [-0.15, -0.1) is 0 Å². The smallest absolute Gasteiger partial charge is 0.311 e. The molecule has 0 radical (unpaired) electrons. The van der Waals surface area contributed by atoms with Crippen LogP contribution in [0.2, 0.25) is 0 Å². The van der Waals surface area contributed by atoms with E-state index in [0.717, 1.165) is 18.7 Å². The minimum atomic E-state index is -1.89. The number of fused-ring (bicyclic) bond motifs is 1. The second kappa shape index (κ2) is 18.0. The first-order valence-corrected chi connectivity index (χ1v) is 18.8. The Hall–Kier alpha value is -4.78. The molecule has 316 valence electrons. The Kier molecular flexibility index (Phi) is 13.8. The summed E-state index contributed by atoms with van der Waals surface area (Å²) in [7, 11) is 0. The molecule has 2 aromatic carbocycles. The molecule has 2 fully saturated rings. The quantitative estimate of drug-likeness (QED) is 0.179. The molecule has 2 N–H and O–H groups in total. The van der Waals surface area contributed by atoms with Gasteiger partial charge < -0.3 is 48.1 Å². The van der Waals surface area contributed by atoms with Crippen molar-refractivity contribution < 1.29 is 76.9 Å². The van der Waals surface area contributed by atoms with E-state index in [1.165, 1.54) is 12.1 Å². The number of aliphatic hydroxyl groups excluding tert-OH is 2. The van der Waals surface area contributed by atoms with Gasteiger partial charge in [-0.05, 0) is 59.2 Å². The number of hydrogen-bond acceptors (Lipinski definition) is 16. The number of hydrogen-bond donors (Lipinski definition) is 2. The zero-order valence-electron chi connectivity index (χ0n) is 33.6. The van der Waals surface area contributed by atoms with Gasteiger partial charge in [-0.25, -0.2) is 0 Å². The van der Waals surface area contributed by atoms with Crippen molar-refractivity contribution in [3.05, 3.63) is 71.3 Å². The number of imide groups is 1. The molecule has 58 heavy (non-hydrogen) atoms. The van der Waals surface area contributed by atoms with Crippen LogP contribution in [0.4, 0.5) is 0 Å². The number of esters is 4. The van der Waals surface area contributed by atoms with Gasteiger partial charge >= 0.3 is 23.9 Å². The summed E-state index contributed by atoms with van der Waals surface area (Å²) < 4.78 is 47.6. The Bertz CT molecular complexity index is 1800. The average molecular weight is 814 g/mol. The number of ether oxygens (including phenoxy) is 8. The van der Waals surface area contributed by atoms with Crippen LogP contribution in [0.15, 0.2) is 54.6 Å². The third-order valence-corrected chi connectivity index (χ3v) is 9.52. The van der Waals surface area contributed by atoms with Gasteiger partial charge in [0.25, 0.3) is 11.8 Å². The van der Waals surface area contributed by atoms with E-state index in [2.05, 4.69) is 0 Å². The summed E-state index contributed by atoms with van der Waals surface area (Å²) in [5, 5.41) is 22.4. The van der Waals surface area contributed by atoms with Gasteiger partial charge in [-0.1, -0.05) is 42.5 Å². The van der Waals surface area contributed by atoms with E-state index in [4.69, 9.17) is 37.9 Å². The van der Waals surface area contributed by atoms with Crippen LogP contribution in [-0.4, -0.2) is 125 Å². The molecule has 2 amide bonds. The number of carbonyl (C=O) groups is 6. The van der Waals surface area contributed by atoms with Crippen molar-refractivity contribution in [2.45, 2.75) is 123 Å². The van der Waals surface area contributed by atoms with Crippen molar-refractivity contribution in [1.82, 2.24) is 4.90 Å². The molecule has 2 saturated heterocycles. The summed E-state index contributed by atoms with van der Waals surface area (Å²) in [5.41, 5.74) is -1.14. The maximum atomic E-state index is 14.1. The first-order valence-electron chi connectivity index (χ1n) is 18.8. The highest BCUT2D eigenvalue weighted by molar-refractivity contribution is 6.21. The molecule has 5 rings (SSSR count). The zero-order valence-corrected chi connectivity index (χ0v) is 33.6. The second-order valence-corrected chi connectivity index (χ2v) is 16.3. The Morgan fingerprint density at radius 3 is 1.66 bits per heavy atom. The van der Waals surface area contributed by atoms with Gasteiger partial charge in [0.05, 0.1) is 28.6 Å². The van der Waals surface area contributed by atoms with Crippen LogP contribution in [0.3, 0.4) is 0 Å². The van der Waals surface area contributed by atoms with Crippen molar-refractivity contribution in [1.29, 1.82) is 0 Å². The third kappa shape index (κ3) is 10.1. The van der Waals surface area contributed by atoms with Crippen LogP contribution in [0.25, 0.3) is 0 Å². The molecule has 0 aliphatic carbocycles. The van der Waals surface area contributed by atoms with Crippen LogP contribution in [0, 0.1) is 10.8 Å². The predicted octanol–water partition coefficient (Wildman–Crippen LogP) is 2.47. The monoisotopic (exact) mass is 813 g/mol. The van der Waals surface area contributed by atoms with E-state index in [0.29, 0.717) is 5.56 Å². The molecule has 17 nitrogen and oxygen atoms in total. The average Bonchev–Trinajstić information content (AvgIpc) is 3.40. The number of aliphatic hydroxyl groups is 2. The molecule has 2 aromatic rings. The molecule has 3 heterocycles. The minimum Gasteiger partial charge on any atom is -0.462 e. The molecular weight excluding hydrogens is 762 g/mol. The topological polar surface area (TPSA) is 220 Å². The maximum absolute atomic E-state index is 14.1. The SMILES string of the molecule is CC(=O)O[C@H]1[C@H](O[C@H]2[C@H](OC(C)=O)[C@@H](N3C(=O)c4ccccc4C3=O)[C@H](OCc3ccccc3)O[C@@H]2COC(=O)C(C)(C)C)O[C@H](COC(=O)C(C)(C)C)[C@H](O)[C@@H]1O. The highest BCUT2D eigenvalue weighted by atomic mass is 16.8. The number of amides is 2. The maximum Gasteiger partial charge on any atom is 0.311 e. The Morgan fingerprint density at radius 2 is 1.14 bits per heavy atom. The van der Waals surface area contributed by atoms with Crippen LogP contribution in [-0.2, 0) is 63.7 Å². The van der Waals surface area contributed by atoms with Crippen LogP contribution < -0.4 is 0 Å². The second-order valence-electron chi connectivity index (χ2n) is 16.3. The minimum absolute atomic E-state index is 0.0601. The fourth-order valence-corrected chi connectivity index (χ4v) is 6.53. The summed E-state index contributed by atoms with van der Waals surface area (Å²) in [5.74, 6) is -4.63. The fourth-order valence-electron chi connectivity index (χ4n) is 6.53. The summed E-state index contributed by atoms with van der Waals surface area (Å²) in [4.78, 5) is 80.2. The van der Waals surface area contributed by atoms with Crippen LogP contribution >= 0.6 is 0 Å². The summed E-state index contributed by atoms with van der Waals surface area (Å²) in [6.45, 7) is 10.6. The first-order chi connectivity index (χ1) is 27.2. The van der Waals surface area contributed by atoms with Gasteiger partial charge in [0.15, 0.2) is 24.8 Å². The van der Waals surface area contributed by atoms with Gasteiger partial charge in [-0.2, -0.15) is 0 Å². The number of nitrogens with zero attached hydrogens (tertiary/aromatic N) is 1. The molecule has 0 spiro atoms. The standard InChI is InChI=1S/C41H51NO16/c1-21(43)54-32-28(42-34(47)24-16-12-13-17-25(24)35(42)48)36(51-18-23-14-10-9-11-15-23)57-27(20-53-39(50)41(6,7)8)31(32)58-37-33(55-22(2)44)30(46)29(45)26(56-37)19-52-38(49)40(3,4)5/h9-17,26-33,36-37,45-46H,18-20H2,1-8H3/t26-,27-,28-,29+,30+,31-,32-,33-,36-,37+/m1/s1. The summed E-state index contributed by atoms with van der Waals surface area (Å²) in [6, 6.07) is 13.4. The van der Waals surface area contributed by atoms with E-state index >= 15 is 0 Å². The van der Waals surface area contributed by atoms with E-state index in [1.807, 2.05) is 0 Å². The van der Waals surface area contributed by atoms with E-state index in [-0.39, 0.29) is 17.7 Å². The van der Waals surface area contributed by atoms with Crippen molar-refractivity contribution in [2.24, 2.45) is 10.8 Å². The largest absolute Gasteiger partial charge is 0.462 e. The first kappa shape index (κ1) is 44.3. The summed E-state index contributed by atoms with van der Waals surface area (Å²) in [6.07, 6.45) is -15.0. The van der Waals surface area contributed by atoms with E-state index in [1.54, 1.807) is 84.0 Å². The van der Waals surface area contributed by atoms with Crippen molar-refractivity contribution in [3.8, 4) is 0 Å². The fraction of sp³-hybridized carbons (Fsp3) is 0.561. The molecule has 0 unspecified atom stereocenters. The molecule has 17 heteroatoms. The number of benzene rings is 2. The van der Waals surface area contributed by atoms with Gasteiger partial charge in [-0.3, -0.25) is 33.7 Å². The molecule has 0 bridgehead atoms. The van der Waals surface area contributed by atoms with Crippen LogP contribution in [0.1, 0.15) is 81.7 Å². The molecule has 3 aliphatic heterocycles. The van der Waals surface area contributed by atoms with Crippen molar-refractivity contribution in [2.75, 3.05) is 13.2 Å². The lowest BCUT2D eigenvalue weighted by Gasteiger charge is -2.49. The van der Waals surface area contributed by atoms with E-state index in [9.17, 15) is 39.0 Å². The van der Waals surface area contributed by atoms with Gasteiger partial charge in [0.2, 0.25) is 0 Å². The number of carbonyl (C=O) groups excluding carboxylic acids is 6. The Balaban J connectivity index is 1.60. The van der Waals surface area contributed by atoms with Crippen molar-refractivity contribution in [3.63, 3.8) is 0 Å². The Morgan fingerprint density at radius 1 is 0.655 bits per heavy atom. The summed E-state index contributed by atoms with van der Waals surface area (Å²) >= 11 is 0. The van der Waals surface area contributed by atoms with Crippen LogP contribution in [0.5, 0.6) is 0 Å². The molecule has 3 aliphatic rings. The molecule has 0 saturated carbocycles. The number of rotatable bonds is 12. The zero-order chi connectivity index (χ0) is 42.7. The van der Waals surface area contributed by atoms with E-state index < -0.39 is 121 Å². The Labute approximate surface area is 335 Å². The van der Waals surface area contributed by atoms with Gasteiger partial charge in [0, 0.05) is 13.8 Å². The molecule has 0 aromatic heterocycles. The lowest BCUT2D eigenvalue weighted by atomic mass is 9.93. The van der Waals surface area contributed by atoms with Gasteiger partial charge in [0.1, 0.15) is 49.8 Å². The highest BCUT2D eigenvalue weighted by Gasteiger charge is 2.59. The molecule has 10 atom stereocenters. The highest BCUT2D eigenvalue weighted by Crippen LogP contribution is 2.38. The molecular formula is C41H51NO16. The lowest BCUT2D eigenvalue weighted by Crippen LogP contribution is -2.69. The third-order valence-electron chi connectivity index (χ3n) is 9.52. The van der Waals surface area contributed by atoms with Crippen molar-refractivity contribution >= 4 is 35.7 Å². The predicted molar refractivity (Wildman–Crippen MR) is 198 cm³/mol. The normalized spacial score (nSPS) is 28.7. The lowest BCUT2D eigenvalue weighted by molar-refractivity contribution is -0.353.